The third-order valence-electron chi connectivity index (χ3n) is 1.57. The van der Waals surface area contributed by atoms with Gasteiger partial charge in [0.05, 0.1) is 0 Å². The number of aromatic nitrogens is 2. The molecule has 1 aromatic heterocycles. The standard InChI is InChI=1S/C8H12ClN3OS/c1-5(2)4-12(3)7(13)6-10-11-8(9)14-6/h5H,4H2,1-3H3. The summed E-state index contributed by atoms with van der Waals surface area (Å²) >= 11 is 6.69. The second kappa shape index (κ2) is 4.70. The number of carbonyl (C=O) groups excluding carboxylic acids is 1. The van der Waals surface area contributed by atoms with E-state index in [4.69, 9.17) is 11.6 Å². The van der Waals surface area contributed by atoms with Crippen LogP contribution < -0.4 is 0 Å². The normalized spacial score (nSPS) is 10.6. The van der Waals surface area contributed by atoms with Gasteiger partial charge in [0.1, 0.15) is 0 Å². The number of nitrogens with zero attached hydrogens (tertiary/aromatic N) is 3. The van der Waals surface area contributed by atoms with Crippen molar-refractivity contribution in [2.24, 2.45) is 5.92 Å². The molecule has 4 nitrogen and oxygen atoms in total. The van der Waals surface area contributed by atoms with Gasteiger partial charge >= 0.3 is 0 Å². The van der Waals surface area contributed by atoms with Gasteiger partial charge in [-0.2, -0.15) is 0 Å². The topological polar surface area (TPSA) is 46.1 Å². The van der Waals surface area contributed by atoms with E-state index in [1.807, 2.05) is 0 Å². The molecule has 1 heterocycles. The Labute approximate surface area is 91.9 Å². The lowest BCUT2D eigenvalue weighted by atomic mass is 10.2. The van der Waals surface area contributed by atoms with Crippen molar-refractivity contribution < 1.29 is 4.79 Å². The maximum Gasteiger partial charge on any atom is 0.284 e. The summed E-state index contributed by atoms with van der Waals surface area (Å²) in [6, 6.07) is 0. The van der Waals surface area contributed by atoms with Gasteiger partial charge in [-0.25, -0.2) is 0 Å². The lowest BCUT2D eigenvalue weighted by Crippen LogP contribution is -2.30. The SMILES string of the molecule is CC(C)CN(C)C(=O)c1nnc(Cl)s1. The van der Waals surface area contributed by atoms with E-state index in [9.17, 15) is 4.79 Å². The first-order valence-corrected chi connectivity index (χ1v) is 5.44. The number of amides is 1. The van der Waals surface area contributed by atoms with Crippen LogP contribution in [0.5, 0.6) is 0 Å². The van der Waals surface area contributed by atoms with Crippen molar-refractivity contribution in [1.29, 1.82) is 0 Å². The van der Waals surface area contributed by atoms with Crippen molar-refractivity contribution in [3.05, 3.63) is 9.47 Å². The second-order valence-corrected chi connectivity index (χ2v) is 5.00. The Kier molecular flexibility index (Phi) is 3.83. The van der Waals surface area contributed by atoms with Gasteiger partial charge in [0.15, 0.2) is 0 Å². The Morgan fingerprint density at radius 2 is 2.21 bits per heavy atom. The zero-order chi connectivity index (χ0) is 10.7. The molecule has 0 unspecified atom stereocenters. The van der Waals surface area contributed by atoms with Crippen LogP contribution >= 0.6 is 22.9 Å². The van der Waals surface area contributed by atoms with Crippen molar-refractivity contribution >= 4 is 28.8 Å². The van der Waals surface area contributed by atoms with Gasteiger partial charge in [0.25, 0.3) is 5.91 Å². The van der Waals surface area contributed by atoms with E-state index in [0.717, 1.165) is 11.3 Å². The minimum absolute atomic E-state index is 0.122. The van der Waals surface area contributed by atoms with E-state index in [1.54, 1.807) is 11.9 Å². The largest absolute Gasteiger partial charge is 0.339 e. The summed E-state index contributed by atoms with van der Waals surface area (Å²) in [6.45, 7) is 4.81. The van der Waals surface area contributed by atoms with Gasteiger partial charge in [-0.3, -0.25) is 4.79 Å². The van der Waals surface area contributed by atoms with Crippen molar-refractivity contribution in [3.63, 3.8) is 0 Å². The molecule has 0 atom stereocenters. The number of halogens is 1. The zero-order valence-corrected chi connectivity index (χ0v) is 9.89. The smallest absolute Gasteiger partial charge is 0.284 e. The number of hydrogen-bond acceptors (Lipinski definition) is 4. The molecule has 0 fully saturated rings. The average Bonchev–Trinajstić information content (AvgIpc) is 2.49. The summed E-state index contributed by atoms with van der Waals surface area (Å²) in [5.74, 6) is 0.315. The molecular formula is C8H12ClN3OS. The van der Waals surface area contributed by atoms with E-state index < -0.39 is 0 Å². The molecule has 1 rings (SSSR count). The highest BCUT2D eigenvalue weighted by molar-refractivity contribution is 7.17. The molecule has 0 saturated carbocycles. The Morgan fingerprint density at radius 3 is 2.64 bits per heavy atom. The van der Waals surface area contributed by atoms with Crippen LogP contribution in [0.2, 0.25) is 4.47 Å². The molecule has 0 aliphatic carbocycles. The molecule has 6 heteroatoms. The fourth-order valence-electron chi connectivity index (χ4n) is 1.09. The highest BCUT2D eigenvalue weighted by Gasteiger charge is 2.17. The van der Waals surface area contributed by atoms with E-state index >= 15 is 0 Å². The fraction of sp³-hybridized carbons (Fsp3) is 0.625. The van der Waals surface area contributed by atoms with Crippen LogP contribution in [-0.2, 0) is 0 Å². The highest BCUT2D eigenvalue weighted by atomic mass is 35.5. The number of carbonyl (C=O) groups is 1. The Morgan fingerprint density at radius 1 is 1.57 bits per heavy atom. The maximum absolute atomic E-state index is 11.7. The van der Waals surface area contributed by atoms with Crippen LogP contribution in [0.1, 0.15) is 23.6 Å². The summed E-state index contributed by atoms with van der Waals surface area (Å²) in [5.41, 5.74) is 0. The number of hydrogen-bond donors (Lipinski definition) is 0. The Hall–Kier alpha value is -0.680. The first kappa shape index (κ1) is 11.4. The predicted molar refractivity (Wildman–Crippen MR) is 56.7 cm³/mol. The minimum atomic E-state index is -0.122. The molecule has 0 aliphatic heterocycles. The van der Waals surface area contributed by atoms with Crippen LogP contribution in [0.3, 0.4) is 0 Å². The Balaban J connectivity index is 2.65. The highest BCUT2D eigenvalue weighted by Crippen LogP contribution is 2.16. The summed E-state index contributed by atoms with van der Waals surface area (Å²) in [5, 5.41) is 7.62. The lowest BCUT2D eigenvalue weighted by Gasteiger charge is -2.17. The summed E-state index contributed by atoms with van der Waals surface area (Å²) < 4.78 is 0.297. The Bertz CT molecular complexity index is 326. The number of rotatable bonds is 3. The average molecular weight is 234 g/mol. The van der Waals surface area contributed by atoms with Crippen molar-refractivity contribution in [2.75, 3.05) is 13.6 Å². The predicted octanol–water partition coefficient (Wildman–Crippen LogP) is 1.92. The molecular weight excluding hydrogens is 222 g/mol. The van der Waals surface area contributed by atoms with Crippen LogP contribution in [0.15, 0.2) is 0 Å². The fourth-order valence-corrected chi connectivity index (χ4v) is 1.91. The molecule has 0 aromatic carbocycles. The molecule has 0 spiro atoms. The van der Waals surface area contributed by atoms with Crippen molar-refractivity contribution in [2.45, 2.75) is 13.8 Å². The first-order valence-electron chi connectivity index (χ1n) is 4.25. The van der Waals surface area contributed by atoms with Crippen molar-refractivity contribution in [1.82, 2.24) is 15.1 Å². The molecule has 1 amide bonds. The lowest BCUT2D eigenvalue weighted by molar-refractivity contribution is 0.0778. The molecule has 1 aromatic rings. The van der Waals surface area contributed by atoms with Gasteiger partial charge in [-0.1, -0.05) is 25.2 Å². The van der Waals surface area contributed by atoms with Gasteiger partial charge in [-0.15, -0.1) is 10.2 Å². The minimum Gasteiger partial charge on any atom is -0.339 e. The van der Waals surface area contributed by atoms with Crippen molar-refractivity contribution in [3.8, 4) is 0 Å². The first-order chi connectivity index (χ1) is 6.50. The van der Waals surface area contributed by atoms with Gasteiger partial charge in [-0.05, 0) is 17.5 Å². The van der Waals surface area contributed by atoms with E-state index in [2.05, 4.69) is 24.0 Å². The molecule has 0 saturated heterocycles. The van der Waals surface area contributed by atoms with E-state index in [1.165, 1.54) is 0 Å². The monoisotopic (exact) mass is 233 g/mol. The van der Waals surface area contributed by atoms with Crippen LogP contribution in [-0.4, -0.2) is 34.6 Å². The van der Waals surface area contributed by atoms with E-state index in [-0.39, 0.29) is 5.91 Å². The van der Waals surface area contributed by atoms with Crippen LogP contribution in [0.25, 0.3) is 0 Å². The van der Waals surface area contributed by atoms with Crippen LogP contribution in [0, 0.1) is 5.92 Å². The second-order valence-electron chi connectivity index (χ2n) is 3.44. The van der Waals surface area contributed by atoms with Gasteiger partial charge in [0.2, 0.25) is 9.47 Å². The summed E-state index contributed by atoms with van der Waals surface area (Å²) in [4.78, 5) is 13.3. The van der Waals surface area contributed by atoms with Gasteiger partial charge < -0.3 is 4.90 Å². The molecule has 0 N–H and O–H groups in total. The third-order valence-corrected chi connectivity index (χ3v) is 2.58. The molecule has 78 valence electrons. The summed E-state index contributed by atoms with van der Waals surface area (Å²) in [6.07, 6.45) is 0. The zero-order valence-electron chi connectivity index (χ0n) is 8.32. The quantitative estimate of drug-likeness (QED) is 0.802. The third kappa shape index (κ3) is 2.92. The molecule has 0 aliphatic rings. The maximum atomic E-state index is 11.7. The molecule has 0 radical (unpaired) electrons. The molecule has 0 bridgehead atoms. The summed E-state index contributed by atoms with van der Waals surface area (Å²) in [7, 11) is 1.75. The molecule has 14 heavy (non-hydrogen) atoms. The van der Waals surface area contributed by atoms with Gasteiger partial charge in [0, 0.05) is 13.6 Å². The van der Waals surface area contributed by atoms with Crippen LogP contribution in [0.4, 0.5) is 0 Å². The van der Waals surface area contributed by atoms with E-state index in [0.29, 0.717) is 21.9 Å².